The van der Waals surface area contributed by atoms with Crippen molar-refractivity contribution in [3.63, 3.8) is 0 Å². The zero-order chi connectivity index (χ0) is 20.8. The minimum Gasteiger partial charge on any atom is -0.488 e. The number of nitrogens with one attached hydrogen (secondary N) is 2. The van der Waals surface area contributed by atoms with E-state index in [9.17, 15) is 14.0 Å². The third kappa shape index (κ3) is 5.81. The normalized spacial score (nSPS) is 16.1. The lowest BCUT2D eigenvalue weighted by atomic mass is 10.1. The van der Waals surface area contributed by atoms with Crippen LogP contribution in [-0.2, 0) is 4.74 Å². The fourth-order valence-corrected chi connectivity index (χ4v) is 3.06. The lowest BCUT2D eigenvalue weighted by molar-refractivity contribution is 0.0693. The Hall–Kier alpha value is -3.36. The molecule has 1 aliphatic rings. The van der Waals surface area contributed by atoms with Crippen molar-refractivity contribution in [2.45, 2.75) is 25.9 Å². The van der Waals surface area contributed by atoms with Gasteiger partial charge in [0.05, 0.1) is 25.5 Å². The van der Waals surface area contributed by atoms with E-state index in [1.807, 2.05) is 6.92 Å². The Labute approximate surface area is 168 Å². The highest BCUT2D eigenvalue weighted by Gasteiger charge is 2.25. The number of benzene rings is 1. The summed E-state index contributed by atoms with van der Waals surface area (Å²) in [6, 6.07) is 6.93. The number of hydrogen-bond acceptors (Lipinski definition) is 5. The van der Waals surface area contributed by atoms with E-state index < -0.39 is 17.9 Å². The number of ether oxygens (including phenoxy) is 2. The molecule has 2 heterocycles. The van der Waals surface area contributed by atoms with Crippen molar-refractivity contribution in [2.24, 2.45) is 0 Å². The smallest absolute Gasteiger partial charge is 0.409 e. The van der Waals surface area contributed by atoms with Crippen molar-refractivity contribution >= 4 is 23.5 Å². The maximum absolute atomic E-state index is 14.0. The number of anilines is 2. The first-order valence-electron chi connectivity index (χ1n) is 9.24. The zero-order valence-electron chi connectivity index (χ0n) is 16.3. The second-order valence-corrected chi connectivity index (χ2v) is 6.74. The number of carbonyl (C=O) groups excluding carboxylic acids is 2. The molecule has 1 unspecified atom stereocenters. The summed E-state index contributed by atoms with van der Waals surface area (Å²) >= 11 is 0. The lowest BCUT2D eigenvalue weighted by Crippen LogP contribution is -2.44. The van der Waals surface area contributed by atoms with Gasteiger partial charge in [-0.1, -0.05) is 0 Å². The summed E-state index contributed by atoms with van der Waals surface area (Å²) in [5.41, 5.74) is 1.60. The molecule has 154 valence electrons. The Morgan fingerprint density at radius 2 is 2.00 bits per heavy atom. The molecule has 0 aliphatic carbocycles. The van der Waals surface area contributed by atoms with Gasteiger partial charge in [-0.2, -0.15) is 0 Å². The number of aryl methyl sites for hydroxylation is 1. The molecule has 3 amide bonds. The number of halogens is 1. The average molecular weight is 402 g/mol. The van der Waals surface area contributed by atoms with Crippen LogP contribution in [0.1, 0.15) is 18.5 Å². The number of rotatable bonds is 4. The minimum absolute atomic E-state index is 0.248. The van der Waals surface area contributed by atoms with Crippen LogP contribution in [0.25, 0.3) is 0 Å². The van der Waals surface area contributed by atoms with Gasteiger partial charge in [0.1, 0.15) is 17.7 Å². The molecule has 1 fully saturated rings. The van der Waals surface area contributed by atoms with Gasteiger partial charge in [-0.25, -0.2) is 14.0 Å². The van der Waals surface area contributed by atoms with Gasteiger partial charge >= 0.3 is 12.1 Å². The van der Waals surface area contributed by atoms with Crippen LogP contribution in [0.4, 0.5) is 25.4 Å². The lowest BCUT2D eigenvalue weighted by Gasteiger charge is -2.31. The fraction of sp³-hybridized carbons (Fsp3) is 0.350. The predicted octanol–water partition coefficient (Wildman–Crippen LogP) is 3.78. The number of likely N-dealkylation sites (tertiary alicyclic amines) is 1. The molecule has 8 nitrogen and oxygen atoms in total. The molecule has 1 aliphatic heterocycles. The molecule has 1 aromatic carbocycles. The number of amides is 3. The third-order valence-corrected chi connectivity index (χ3v) is 4.41. The molecule has 2 N–H and O–H groups in total. The molecule has 1 aromatic heterocycles. The molecule has 0 saturated carbocycles. The van der Waals surface area contributed by atoms with Crippen molar-refractivity contribution in [3.05, 3.63) is 48.0 Å². The fourth-order valence-electron chi connectivity index (χ4n) is 3.06. The summed E-state index contributed by atoms with van der Waals surface area (Å²) in [6.45, 7) is 2.79. The molecule has 0 spiro atoms. The van der Waals surface area contributed by atoms with Crippen LogP contribution in [0.5, 0.6) is 5.75 Å². The second-order valence-electron chi connectivity index (χ2n) is 6.74. The minimum atomic E-state index is -0.546. The van der Waals surface area contributed by atoms with Crippen LogP contribution < -0.4 is 15.4 Å². The molecule has 0 radical (unpaired) electrons. The van der Waals surface area contributed by atoms with E-state index in [1.54, 1.807) is 17.0 Å². The molecule has 1 atom stereocenters. The van der Waals surface area contributed by atoms with Gasteiger partial charge in [0, 0.05) is 30.1 Å². The highest BCUT2D eigenvalue weighted by atomic mass is 19.1. The van der Waals surface area contributed by atoms with Crippen molar-refractivity contribution in [2.75, 3.05) is 30.8 Å². The highest BCUT2D eigenvalue weighted by molar-refractivity contribution is 5.99. The first-order chi connectivity index (χ1) is 13.9. The van der Waals surface area contributed by atoms with Gasteiger partial charge in [-0.3, -0.25) is 4.98 Å². The number of aromatic nitrogens is 1. The first-order valence-corrected chi connectivity index (χ1v) is 9.24. The number of hydrogen-bond donors (Lipinski definition) is 2. The average Bonchev–Trinajstić information content (AvgIpc) is 2.69. The van der Waals surface area contributed by atoms with Crippen LogP contribution in [0.3, 0.4) is 0 Å². The largest absolute Gasteiger partial charge is 0.488 e. The maximum atomic E-state index is 14.0. The van der Waals surface area contributed by atoms with Gasteiger partial charge < -0.3 is 25.0 Å². The highest BCUT2D eigenvalue weighted by Crippen LogP contribution is 2.24. The molecular weight excluding hydrogens is 379 g/mol. The molecular formula is C20H23FN4O4. The number of piperidine rings is 1. The Balaban J connectivity index is 1.62. The number of urea groups is 1. The van der Waals surface area contributed by atoms with Crippen molar-refractivity contribution in [3.8, 4) is 5.75 Å². The van der Waals surface area contributed by atoms with Crippen LogP contribution in [0, 0.1) is 12.7 Å². The summed E-state index contributed by atoms with van der Waals surface area (Å²) in [7, 11) is 1.33. The summed E-state index contributed by atoms with van der Waals surface area (Å²) in [4.78, 5) is 29.5. The number of methoxy groups -OCH3 is 1. The molecule has 2 aromatic rings. The molecule has 9 heteroatoms. The summed E-state index contributed by atoms with van der Waals surface area (Å²) in [6.07, 6.45) is 2.32. The monoisotopic (exact) mass is 402 g/mol. The third-order valence-electron chi connectivity index (χ3n) is 4.41. The van der Waals surface area contributed by atoms with Crippen LogP contribution >= 0.6 is 0 Å². The molecule has 0 bridgehead atoms. The van der Waals surface area contributed by atoms with Gasteiger partial charge in [0.2, 0.25) is 0 Å². The van der Waals surface area contributed by atoms with Gasteiger partial charge in [-0.15, -0.1) is 0 Å². The van der Waals surface area contributed by atoms with E-state index >= 15 is 0 Å². The topological polar surface area (TPSA) is 92.8 Å². The standard InChI is InChI=1S/C20H23FN4O4/c1-13-5-6-15(11-22-13)23-19(26)24-16-8-14(21)9-18(10-16)29-17-4-3-7-25(12-17)20(27)28-2/h5-6,8-11,17H,3-4,7,12H2,1-2H3,(H2,23,24,26). The predicted molar refractivity (Wildman–Crippen MR) is 106 cm³/mol. The van der Waals surface area contributed by atoms with E-state index in [4.69, 9.17) is 9.47 Å². The summed E-state index contributed by atoms with van der Waals surface area (Å²) < 4.78 is 24.6. The van der Waals surface area contributed by atoms with Crippen molar-refractivity contribution in [1.29, 1.82) is 0 Å². The van der Waals surface area contributed by atoms with E-state index in [-0.39, 0.29) is 17.5 Å². The number of nitrogens with zero attached hydrogens (tertiary/aromatic N) is 2. The SMILES string of the molecule is COC(=O)N1CCCC(Oc2cc(F)cc(NC(=O)Nc3ccc(C)nc3)c2)C1. The van der Waals surface area contributed by atoms with Crippen molar-refractivity contribution < 1.29 is 23.5 Å². The van der Waals surface area contributed by atoms with Gasteiger partial charge in [-0.05, 0) is 38.0 Å². The van der Waals surface area contributed by atoms with E-state index in [1.165, 1.54) is 31.5 Å². The summed E-state index contributed by atoms with van der Waals surface area (Å²) in [5.74, 6) is -0.274. The molecule has 29 heavy (non-hydrogen) atoms. The maximum Gasteiger partial charge on any atom is 0.409 e. The van der Waals surface area contributed by atoms with Crippen LogP contribution in [0.15, 0.2) is 36.5 Å². The number of pyridine rings is 1. The Bertz CT molecular complexity index is 875. The van der Waals surface area contributed by atoms with E-state index in [2.05, 4.69) is 15.6 Å². The molecule has 3 rings (SSSR count). The van der Waals surface area contributed by atoms with E-state index in [0.717, 1.165) is 18.5 Å². The van der Waals surface area contributed by atoms with Gasteiger partial charge in [0.25, 0.3) is 0 Å². The zero-order valence-corrected chi connectivity index (χ0v) is 16.3. The Morgan fingerprint density at radius 1 is 1.21 bits per heavy atom. The van der Waals surface area contributed by atoms with Crippen molar-refractivity contribution in [1.82, 2.24) is 9.88 Å². The van der Waals surface area contributed by atoms with Crippen LogP contribution in [-0.4, -0.2) is 48.3 Å². The Morgan fingerprint density at radius 3 is 2.72 bits per heavy atom. The summed E-state index contributed by atoms with van der Waals surface area (Å²) in [5, 5.41) is 5.21. The van der Waals surface area contributed by atoms with Crippen LogP contribution in [0.2, 0.25) is 0 Å². The van der Waals surface area contributed by atoms with E-state index in [0.29, 0.717) is 18.8 Å². The second kappa shape index (κ2) is 9.22. The van der Waals surface area contributed by atoms with Gasteiger partial charge in [0.15, 0.2) is 0 Å². The number of carbonyl (C=O) groups is 2. The first kappa shape index (κ1) is 20.4. The molecule has 1 saturated heterocycles. The quantitative estimate of drug-likeness (QED) is 0.812. The Kier molecular flexibility index (Phi) is 6.48.